The van der Waals surface area contributed by atoms with Gasteiger partial charge in [0.15, 0.2) is 0 Å². The molecule has 2 aromatic carbocycles. The van der Waals surface area contributed by atoms with Crippen LogP contribution in [0.25, 0.3) is 10.9 Å². The Labute approximate surface area is 194 Å². The molecule has 1 saturated heterocycles. The second-order valence-electron chi connectivity index (χ2n) is 8.95. The largest absolute Gasteiger partial charge is 0.496 e. The summed E-state index contributed by atoms with van der Waals surface area (Å²) in [6, 6.07) is 20.6. The molecule has 1 atom stereocenters. The summed E-state index contributed by atoms with van der Waals surface area (Å²) in [6.07, 6.45) is 4.90. The minimum Gasteiger partial charge on any atom is -0.496 e. The number of fused-ring (bicyclic) bond motifs is 1. The van der Waals surface area contributed by atoms with Crippen molar-refractivity contribution < 1.29 is 9.53 Å². The highest BCUT2D eigenvalue weighted by Crippen LogP contribution is 2.29. The third kappa shape index (κ3) is 4.49. The molecule has 1 amide bonds. The number of benzene rings is 2. The monoisotopic (exact) mass is 439 g/mol. The number of aryl methyl sites for hydroxylation is 1. The maximum Gasteiger partial charge on any atom is 0.270 e. The van der Waals surface area contributed by atoms with Crippen LogP contribution in [0.1, 0.15) is 51.6 Å². The van der Waals surface area contributed by atoms with Gasteiger partial charge < -0.3 is 14.6 Å². The highest BCUT2D eigenvalue weighted by Gasteiger charge is 2.27. The lowest BCUT2D eigenvalue weighted by Gasteiger charge is -2.32. The first-order valence-corrected chi connectivity index (χ1v) is 11.6. The van der Waals surface area contributed by atoms with Crippen molar-refractivity contribution in [3.05, 3.63) is 94.9 Å². The van der Waals surface area contributed by atoms with E-state index in [4.69, 9.17) is 9.72 Å². The van der Waals surface area contributed by atoms with E-state index in [1.807, 2.05) is 35.4 Å². The number of pyridine rings is 1. The molecule has 1 fully saturated rings. The summed E-state index contributed by atoms with van der Waals surface area (Å²) >= 11 is 0. The number of ether oxygens (including phenoxy) is 1. The molecule has 2 aromatic heterocycles. The van der Waals surface area contributed by atoms with Crippen molar-refractivity contribution in [3.63, 3.8) is 0 Å². The van der Waals surface area contributed by atoms with E-state index in [9.17, 15) is 4.79 Å². The Hall–Kier alpha value is -3.60. The Bertz CT molecular complexity index is 1280. The van der Waals surface area contributed by atoms with Crippen molar-refractivity contribution >= 4 is 16.8 Å². The fourth-order valence-corrected chi connectivity index (χ4v) is 4.83. The number of methoxy groups -OCH3 is 1. The molecule has 5 nitrogen and oxygen atoms in total. The average Bonchev–Trinajstić information content (AvgIpc) is 3.29. The van der Waals surface area contributed by atoms with Gasteiger partial charge in [-0.25, -0.2) is 0 Å². The fraction of sp³-hybridized carbons (Fsp3) is 0.286. The number of aromatic nitrogens is 2. The molecule has 0 saturated carbocycles. The van der Waals surface area contributed by atoms with Crippen LogP contribution in [0.4, 0.5) is 0 Å². The first-order valence-electron chi connectivity index (χ1n) is 11.6. The van der Waals surface area contributed by atoms with E-state index in [0.29, 0.717) is 12.2 Å². The number of piperidine rings is 1. The predicted octanol–water partition coefficient (Wildman–Crippen LogP) is 5.49. The number of nitrogens with zero attached hydrogens (tertiary/aromatic N) is 2. The fourth-order valence-electron chi connectivity index (χ4n) is 4.83. The van der Waals surface area contributed by atoms with Crippen LogP contribution < -0.4 is 4.74 Å². The molecule has 3 heterocycles. The number of hydrogen-bond donors (Lipinski definition) is 1. The number of hydrogen-bond acceptors (Lipinski definition) is 3. The van der Waals surface area contributed by atoms with Gasteiger partial charge in [0.2, 0.25) is 0 Å². The summed E-state index contributed by atoms with van der Waals surface area (Å²) in [5.74, 6) is 1.07. The maximum atomic E-state index is 13.3. The molecular formula is C28H29N3O2. The molecule has 1 N–H and O–H groups in total. The lowest BCUT2D eigenvalue weighted by molar-refractivity contribution is 0.0701. The van der Waals surface area contributed by atoms with E-state index in [2.05, 4.69) is 48.3 Å². The summed E-state index contributed by atoms with van der Waals surface area (Å²) in [4.78, 5) is 23.3. The minimum absolute atomic E-state index is 0.0361. The number of likely N-dealkylation sites (tertiary alicyclic amines) is 1. The molecule has 0 bridgehead atoms. The van der Waals surface area contributed by atoms with Gasteiger partial charge in [0, 0.05) is 41.8 Å². The molecule has 33 heavy (non-hydrogen) atoms. The van der Waals surface area contributed by atoms with Crippen LogP contribution in [0.5, 0.6) is 5.75 Å². The second-order valence-corrected chi connectivity index (χ2v) is 8.95. The molecule has 5 heteroatoms. The highest BCUT2D eigenvalue weighted by molar-refractivity contribution is 5.99. The van der Waals surface area contributed by atoms with Gasteiger partial charge in [0.05, 0.1) is 7.11 Å². The minimum atomic E-state index is 0.0361. The average molecular weight is 440 g/mol. The van der Waals surface area contributed by atoms with Crippen molar-refractivity contribution in [2.45, 2.75) is 32.1 Å². The van der Waals surface area contributed by atoms with Crippen molar-refractivity contribution in [1.82, 2.24) is 14.9 Å². The number of carbonyl (C=O) groups excluding carboxylic acids is 1. The van der Waals surface area contributed by atoms with E-state index in [-0.39, 0.29) is 11.8 Å². The van der Waals surface area contributed by atoms with Gasteiger partial charge in [0.1, 0.15) is 11.4 Å². The Morgan fingerprint density at radius 3 is 2.79 bits per heavy atom. The molecule has 168 valence electrons. The Balaban J connectivity index is 1.29. The van der Waals surface area contributed by atoms with Gasteiger partial charge >= 0.3 is 0 Å². The van der Waals surface area contributed by atoms with Gasteiger partial charge in [-0.2, -0.15) is 0 Å². The summed E-state index contributed by atoms with van der Waals surface area (Å²) in [5, 5.41) is 0.933. The van der Waals surface area contributed by atoms with Crippen molar-refractivity contribution in [1.29, 1.82) is 0 Å². The van der Waals surface area contributed by atoms with Crippen molar-refractivity contribution in [2.24, 2.45) is 0 Å². The van der Waals surface area contributed by atoms with Crippen LogP contribution in [0.2, 0.25) is 0 Å². The van der Waals surface area contributed by atoms with E-state index < -0.39 is 0 Å². The second kappa shape index (κ2) is 9.10. The molecule has 0 radical (unpaired) electrons. The zero-order valence-corrected chi connectivity index (χ0v) is 19.2. The molecule has 1 aliphatic heterocycles. The number of carbonyl (C=O) groups is 1. The lowest BCUT2D eigenvalue weighted by Crippen LogP contribution is -2.39. The van der Waals surface area contributed by atoms with Crippen LogP contribution in [0.3, 0.4) is 0 Å². The predicted molar refractivity (Wildman–Crippen MR) is 131 cm³/mol. The first kappa shape index (κ1) is 21.3. The van der Waals surface area contributed by atoms with E-state index in [0.717, 1.165) is 48.2 Å². The van der Waals surface area contributed by atoms with Crippen LogP contribution in [-0.4, -0.2) is 41.0 Å². The summed E-state index contributed by atoms with van der Waals surface area (Å²) in [6.45, 7) is 3.58. The first-order chi connectivity index (χ1) is 16.1. The molecule has 0 spiro atoms. The summed E-state index contributed by atoms with van der Waals surface area (Å²) < 4.78 is 5.44. The zero-order valence-electron chi connectivity index (χ0n) is 19.2. The number of aromatic amines is 1. The molecule has 0 unspecified atom stereocenters. The third-order valence-corrected chi connectivity index (χ3v) is 6.54. The van der Waals surface area contributed by atoms with Crippen LogP contribution in [-0.2, 0) is 6.42 Å². The molecule has 1 aliphatic rings. The SMILES string of the molecule is COc1cccc2[nH]c(C(=O)N3CCC[C@@H](c4ccc(Cc5cccc(C)c5)cn4)C3)cc12. The summed E-state index contributed by atoms with van der Waals surface area (Å²) in [7, 11) is 1.65. The topological polar surface area (TPSA) is 58.2 Å². The van der Waals surface area contributed by atoms with E-state index in [1.54, 1.807) is 7.11 Å². The lowest BCUT2D eigenvalue weighted by atomic mass is 9.93. The van der Waals surface area contributed by atoms with Crippen molar-refractivity contribution in [2.75, 3.05) is 20.2 Å². The number of H-pyrrole nitrogens is 1. The Morgan fingerprint density at radius 1 is 1.12 bits per heavy atom. The standard InChI is InChI=1S/C28H29N3O2/c1-19-6-3-7-20(14-19)15-21-11-12-24(29-17-21)22-8-5-13-31(18-22)28(32)26-16-23-25(30-26)9-4-10-27(23)33-2/h3-4,6-7,9-12,14,16-17,22,30H,5,8,13,15,18H2,1-2H3/t22-/m1/s1. The van der Waals surface area contributed by atoms with Gasteiger partial charge in [0.25, 0.3) is 5.91 Å². The molecule has 4 aromatic rings. The smallest absolute Gasteiger partial charge is 0.270 e. The van der Waals surface area contributed by atoms with Crippen LogP contribution in [0, 0.1) is 6.92 Å². The Morgan fingerprint density at radius 2 is 2.00 bits per heavy atom. The third-order valence-electron chi connectivity index (χ3n) is 6.54. The highest BCUT2D eigenvalue weighted by atomic mass is 16.5. The van der Waals surface area contributed by atoms with Gasteiger partial charge in [-0.15, -0.1) is 0 Å². The number of nitrogens with one attached hydrogen (secondary N) is 1. The molecule has 0 aliphatic carbocycles. The zero-order chi connectivity index (χ0) is 22.8. The van der Waals surface area contributed by atoms with Crippen LogP contribution in [0.15, 0.2) is 66.9 Å². The van der Waals surface area contributed by atoms with Gasteiger partial charge in [-0.05, 0) is 61.6 Å². The Kier molecular flexibility index (Phi) is 5.86. The van der Waals surface area contributed by atoms with Gasteiger partial charge in [-0.3, -0.25) is 9.78 Å². The number of amides is 1. The van der Waals surface area contributed by atoms with Crippen molar-refractivity contribution in [3.8, 4) is 5.75 Å². The number of rotatable bonds is 5. The van der Waals surface area contributed by atoms with E-state index in [1.165, 1.54) is 16.7 Å². The normalized spacial score (nSPS) is 16.2. The van der Waals surface area contributed by atoms with E-state index >= 15 is 0 Å². The molecule has 5 rings (SSSR count). The maximum absolute atomic E-state index is 13.3. The molecular weight excluding hydrogens is 410 g/mol. The van der Waals surface area contributed by atoms with Crippen LogP contribution >= 0.6 is 0 Å². The quantitative estimate of drug-likeness (QED) is 0.447. The summed E-state index contributed by atoms with van der Waals surface area (Å²) in [5.41, 5.74) is 6.37. The van der Waals surface area contributed by atoms with Gasteiger partial charge in [-0.1, -0.05) is 42.0 Å².